The summed E-state index contributed by atoms with van der Waals surface area (Å²) in [5, 5.41) is 12.1. The minimum absolute atomic E-state index is 0.0458. The average Bonchev–Trinajstić information content (AvgIpc) is 2.79. The predicted molar refractivity (Wildman–Crippen MR) is 112 cm³/mol. The highest BCUT2D eigenvalue weighted by Crippen LogP contribution is 2.31. The maximum atomic E-state index is 15.4. The van der Waals surface area contributed by atoms with Crippen molar-refractivity contribution in [3.63, 3.8) is 0 Å². The summed E-state index contributed by atoms with van der Waals surface area (Å²) in [6.45, 7) is 3.80. The van der Waals surface area contributed by atoms with Gasteiger partial charge in [-0.2, -0.15) is 14.4 Å². The van der Waals surface area contributed by atoms with Gasteiger partial charge in [-0.3, -0.25) is 0 Å². The molecule has 0 atom stereocenters. The summed E-state index contributed by atoms with van der Waals surface area (Å²) in [6, 6.07) is 10.3. The molecule has 1 fully saturated rings. The molecule has 0 unspecified atom stereocenters. The minimum Gasteiger partial charge on any atom is -0.395 e. The lowest BCUT2D eigenvalue weighted by Crippen LogP contribution is -2.38. The van der Waals surface area contributed by atoms with Gasteiger partial charge in [0.05, 0.1) is 19.8 Å². The molecule has 154 valence electrons. The van der Waals surface area contributed by atoms with Crippen molar-refractivity contribution in [3.05, 3.63) is 47.8 Å². The van der Waals surface area contributed by atoms with Crippen LogP contribution in [-0.2, 0) is 4.74 Å². The molecule has 2 aliphatic heterocycles. The lowest BCUT2D eigenvalue weighted by atomic mass is 9.99. The summed E-state index contributed by atoms with van der Waals surface area (Å²) in [6.07, 6.45) is 2.95. The third-order valence-electron chi connectivity index (χ3n) is 5.18. The fourth-order valence-electron chi connectivity index (χ4n) is 3.64. The van der Waals surface area contributed by atoms with Crippen molar-refractivity contribution in [2.45, 2.75) is 6.42 Å². The molecule has 1 aromatic heterocycles. The van der Waals surface area contributed by atoms with Crippen LogP contribution in [0.1, 0.15) is 12.0 Å². The number of morpholine rings is 1. The number of hydrogen-bond acceptors (Lipinski definition) is 7. The van der Waals surface area contributed by atoms with Gasteiger partial charge in [0, 0.05) is 32.7 Å². The molecule has 0 radical (unpaired) electrons. The van der Waals surface area contributed by atoms with E-state index < -0.39 is 5.82 Å². The van der Waals surface area contributed by atoms with Gasteiger partial charge in [0.1, 0.15) is 0 Å². The molecule has 8 heteroatoms. The first-order chi connectivity index (χ1) is 14.3. The highest BCUT2D eigenvalue weighted by atomic mass is 19.1. The largest absolute Gasteiger partial charge is 0.395 e. The van der Waals surface area contributed by atoms with Crippen LogP contribution in [0.3, 0.4) is 0 Å². The highest BCUT2D eigenvalue weighted by molar-refractivity contribution is 5.69. The van der Waals surface area contributed by atoms with Crippen molar-refractivity contribution in [2.24, 2.45) is 0 Å². The van der Waals surface area contributed by atoms with Crippen LogP contribution in [0.5, 0.6) is 0 Å². The normalized spacial score (nSPS) is 17.2. The van der Waals surface area contributed by atoms with E-state index in [4.69, 9.17) is 9.84 Å². The summed E-state index contributed by atoms with van der Waals surface area (Å²) in [5.74, 6) is 0.509. The van der Waals surface area contributed by atoms with E-state index in [9.17, 15) is 0 Å². The van der Waals surface area contributed by atoms with Crippen molar-refractivity contribution in [1.29, 1.82) is 0 Å². The lowest BCUT2D eigenvalue weighted by molar-refractivity contribution is 0.122. The van der Waals surface area contributed by atoms with Crippen molar-refractivity contribution < 1.29 is 14.2 Å². The SMILES string of the molecule is OCCNc1nc(N2CC=C(c3ccccc3)CC2)c(F)c(N2CCOCC2)n1. The smallest absolute Gasteiger partial charge is 0.226 e. The number of hydrogen-bond donors (Lipinski definition) is 2. The Labute approximate surface area is 169 Å². The molecular weight excluding hydrogens is 373 g/mol. The molecule has 0 aliphatic carbocycles. The zero-order chi connectivity index (χ0) is 20.1. The van der Waals surface area contributed by atoms with Gasteiger partial charge < -0.3 is 25.0 Å². The van der Waals surface area contributed by atoms with E-state index in [-0.39, 0.29) is 12.4 Å². The Bertz CT molecular complexity index is 856. The van der Waals surface area contributed by atoms with E-state index in [1.165, 1.54) is 11.1 Å². The molecule has 1 saturated heterocycles. The fraction of sp³-hybridized carbons (Fsp3) is 0.429. The molecule has 29 heavy (non-hydrogen) atoms. The zero-order valence-electron chi connectivity index (χ0n) is 16.4. The van der Waals surface area contributed by atoms with E-state index in [2.05, 4.69) is 33.5 Å². The number of aliphatic hydroxyl groups excluding tert-OH is 1. The number of aliphatic hydroxyl groups is 1. The molecule has 0 amide bonds. The average molecular weight is 399 g/mol. The van der Waals surface area contributed by atoms with E-state index in [1.54, 1.807) is 0 Å². The summed E-state index contributed by atoms with van der Waals surface area (Å²) in [4.78, 5) is 12.6. The first-order valence-corrected chi connectivity index (χ1v) is 10.0. The molecule has 0 spiro atoms. The van der Waals surface area contributed by atoms with Crippen molar-refractivity contribution in [2.75, 3.05) is 67.7 Å². The van der Waals surface area contributed by atoms with Crippen LogP contribution >= 0.6 is 0 Å². The molecule has 2 N–H and O–H groups in total. The lowest BCUT2D eigenvalue weighted by Gasteiger charge is -2.32. The molecule has 3 heterocycles. The molecule has 2 aliphatic rings. The standard InChI is InChI=1S/C21H26FN5O2/c22-18-19(26-9-6-17(7-10-26)16-4-2-1-3-5-16)24-21(23-8-13-28)25-20(18)27-11-14-29-15-12-27/h1-6,28H,7-15H2,(H,23,24,25). The second kappa shape index (κ2) is 9.19. The van der Waals surface area contributed by atoms with Crippen LogP contribution in [0, 0.1) is 5.82 Å². The quantitative estimate of drug-likeness (QED) is 0.771. The third kappa shape index (κ3) is 4.49. The minimum atomic E-state index is -0.405. The van der Waals surface area contributed by atoms with Gasteiger partial charge in [-0.15, -0.1) is 0 Å². The molecule has 0 saturated carbocycles. The summed E-state index contributed by atoms with van der Waals surface area (Å²) in [7, 11) is 0. The van der Waals surface area contributed by atoms with E-state index >= 15 is 4.39 Å². The Morgan fingerprint density at radius 3 is 2.41 bits per heavy atom. The number of nitrogens with one attached hydrogen (secondary N) is 1. The maximum Gasteiger partial charge on any atom is 0.226 e. The third-order valence-corrected chi connectivity index (χ3v) is 5.18. The van der Waals surface area contributed by atoms with Crippen LogP contribution in [-0.4, -0.2) is 67.6 Å². The number of aromatic nitrogens is 2. The number of halogens is 1. The molecule has 1 aromatic carbocycles. The first kappa shape index (κ1) is 19.6. The molecule has 0 bridgehead atoms. The van der Waals surface area contributed by atoms with E-state index in [0.717, 1.165) is 6.42 Å². The molecule has 4 rings (SSSR count). The van der Waals surface area contributed by atoms with Gasteiger partial charge in [0.25, 0.3) is 0 Å². The summed E-state index contributed by atoms with van der Waals surface area (Å²) < 4.78 is 20.8. The number of rotatable bonds is 6. The Morgan fingerprint density at radius 1 is 1.03 bits per heavy atom. The Morgan fingerprint density at radius 2 is 1.76 bits per heavy atom. The Kier molecular flexibility index (Phi) is 6.21. The number of anilines is 3. The number of ether oxygens (including phenoxy) is 1. The topological polar surface area (TPSA) is 73.8 Å². The number of benzene rings is 1. The van der Waals surface area contributed by atoms with Crippen molar-refractivity contribution >= 4 is 23.2 Å². The van der Waals surface area contributed by atoms with Crippen LogP contribution < -0.4 is 15.1 Å². The Balaban J connectivity index is 1.61. The van der Waals surface area contributed by atoms with E-state index in [1.807, 2.05) is 28.0 Å². The van der Waals surface area contributed by atoms with Gasteiger partial charge in [-0.25, -0.2) is 0 Å². The Hall–Kier alpha value is -2.71. The molecular formula is C21H26FN5O2. The first-order valence-electron chi connectivity index (χ1n) is 10.0. The van der Waals surface area contributed by atoms with Gasteiger partial charge in [0.15, 0.2) is 11.6 Å². The second-order valence-corrected chi connectivity index (χ2v) is 7.05. The predicted octanol–water partition coefficient (Wildman–Crippen LogP) is 2.15. The van der Waals surface area contributed by atoms with Crippen molar-refractivity contribution in [3.8, 4) is 0 Å². The summed E-state index contributed by atoms with van der Waals surface area (Å²) in [5.41, 5.74) is 2.47. The van der Waals surface area contributed by atoms with E-state index in [0.29, 0.717) is 57.7 Å². The highest BCUT2D eigenvalue weighted by Gasteiger charge is 2.25. The second-order valence-electron chi connectivity index (χ2n) is 7.05. The monoisotopic (exact) mass is 399 g/mol. The number of nitrogens with zero attached hydrogens (tertiary/aromatic N) is 4. The molecule has 7 nitrogen and oxygen atoms in total. The van der Waals surface area contributed by atoms with Crippen LogP contribution in [0.4, 0.5) is 22.0 Å². The van der Waals surface area contributed by atoms with Crippen LogP contribution in [0.15, 0.2) is 36.4 Å². The van der Waals surface area contributed by atoms with Gasteiger partial charge in [-0.1, -0.05) is 36.4 Å². The van der Waals surface area contributed by atoms with Gasteiger partial charge in [0.2, 0.25) is 11.8 Å². The zero-order valence-corrected chi connectivity index (χ0v) is 16.4. The summed E-state index contributed by atoms with van der Waals surface area (Å²) >= 11 is 0. The van der Waals surface area contributed by atoms with Crippen LogP contribution in [0.25, 0.3) is 5.57 Å². The fourth-order valence-corrected chi connectivity index (χ4v) is 3.64. The maximum absolute atomic E-state index is 15.4. The van der Waals surface area contributed by atoms with Gasteiger partial charge >= 0.3 is 0 Å². The van der Waals surface area contributed by atoms with Crippen LogP contribution in [0.2, 0.25) is 0 Å². The van der Waals surface area contributed by atoms with Crippen molar-refractivity contribution in [1.82, 2.24) is 9.97 Å². The van der Waals surface area contributed by atoms with Gasteiger partial charge in [-0.05, 0) is 17.6 Å². The molecule has 2 aromatic rings.